The van der Waals surface area contributed by atoms with Crippen LogP contribution in [-0.2, 0) is 11.3 Å². The maximum absolute atomic E-state index is 13.6. The highest BCUT2D eigenvalue weighted by Crippen LogP contribution is 2.30. The van der Waals surface area contributed by atoms with Gasteiger partial charge in [0.1, 0.15) is 5.82 Å². The molecule has 0 bridgehead atoms. The molecule has 0 aliphatic heterocycles. The van der Waals surface area contributed by atoms with Crippen molar-refractivity contribution in [1.29, 1.82) is 0 Å². The van der Waals surface area contributed by atoms with Crippen LogP contribution in [0.2, 0.25) is 0 Å². The van der Waals surface area contributed by atoms with Crippen LogP contribution in [0.4, 0.5) is 9.52 Å². The van der Waals surface area contributed by atoms with E-state index in [0.29, 0.717) is 11.6 Å². The van der Waals surface area contributed by atoms with Gasteiger partial charge in [-0.2, -0.15) is 0 Å². The molecule has 0 saturated heterocycles. The van der Waals surface area contributed by atoms with Gasteiger partial charge in [-0.25, -0.2) is 4.39 Å². The molecule has 1 heterocycles. The second-order valence-corrected chi connectivity index (χ2v) is 7.62. The Hall–Kier alpha value is -1.67. The van der Waals surface area contributed by atoms with Crippen LogP contribution < -0.4 is 5.32 Å². The van der Waals surface area contributed by atoms with E-state index in [0.717, 1.165) is 9.47 Å². The average molecular weight is 352 g/mol. The van der Waals surface area contributed by atoms with Gasteiger partial charge >= 0.3 is 0 Å². The van der Waals surface area contributed by atoms with Crippen molar-refractivity contribution < 1.29 is 9.18 Å². The van der Waals surface area contributed by atoms with Crippen LogP contribution in [0.25, 0.3) is 0 Å². The van der Waals surface area contributed by atoms with Gasteiger partial charge in [-0.15, -0.1) is 10.2 Å². The fourth-order valence-corrected chi connectivity index (χ4v) is 3.70. The van der Waals surface area contributed by atoms with Gasteiger partial charge in [-0.05, 0) is 18.9 Å². The van der Waals surface area contributed by atoms with E-state index in [9.17, 15) is 9.18 Å². The van der Waals surface area contributed by atoms with Crippen LogP contribution in [0.1, 0.15) is 18.4 Å². The molecular weight excluding hydrogens is 335 g/mol. The number of nitrogens with zero attached hydrogens (tertiary/aromatic N) is 3. The summed E-state index contributed by atoms with van der Waals surface area (Å²) in [6.45, 7) is 0.261. The summed E-state index contributed by atoms with van der Waals surface area (Å²) in [5.41, 5.74) is 0.514. The number of benzene rings is 1. The van der Waals surface area contributed by atoms with E-state index in [1.165, 1.54) is 46.9 Å². The van der Waals surface area contributed by atoms with Crippen molar-refractivity contribution in [2.75, 3.05) is 18.1 Å². The lowest BCUT2D eigenvalue weighted by atomic mass is 10.2. The molecule has 0 spiro atoms. The minimum atomic E-state index is -0.292. The molecule has 1 aliphatic carbocycles. The van der Waals surface area contributed by atoms with Crippen molar-refractivity contribution in [3.63, 3.8) is 0 Å². The lowest BCUT2D eigenvalue weighted by Gasteiger charge is -2.17. The summed E-state index contributed by atoms with van der Waals surface area (Å²) in [5.74, 6) is -0.0897. The Balaban J connectivity index is 1.48. The van der Waals surface area contributed by atoms with Crippen LogP contribution in [-0.4, -0.2) is 39.8 Å². The molecule has 3 rings (SSSR count). The Morgan fingerprint density at radius 1 is 1.43 bits per heavy atom. The van der Waals surface area contributed by atoms with Crippen LogP contribution in [0.15, 0.2) is 28.6 Å². The summed E-state index contributed by atoms with van der Waals surface area (Å²) in [6.07, 6.45) is 2.36. The molecule has 0 radical (unpaired) electrons. The molecule has 2 aromatic rings. The molecule has 23 heavy (non-hydrogen) atoms. The average Bonchev–Trinajstić information content (AvgIpc) is 3.24. The molecule has 1 saturated carbocycles. The van der Waals surface area contributed by atoms with E-state index in [-0.39, 0.29) is 24.0 Å². The molecule has 1 aromatic carbocycles. The first-order valence-electron chi connectivity index (χ1n) is 7.32. The monoisotopic (exact) mass is 352 g/mol. The van der Waals surface area contributed by atoms with E-state index < -0.39 is 0 Å². The Bertz CT molecular complexity index is 690. The van der Waals surface area contributed by atoms with E-state index in [4.69, 9.17) is 0 Å². The normalized spacial score (nSPS) is 13.8. The topological polar surface area (TPSA) is 58.1 Å². The molecule has 8 heteroatoms. The number of hydrogen-bond acceptors (Lipinski definition) is 6. The van der Waals surface area contributed by atoms with Crippen LogP contribution in [0, 0.1) is 5.82 Å². The number of carbonyl (C=O) groups excluding carboxylic acids is 1. The highest BCUT2D eigenvalue weighted by Gasteiger charge is 2.22. The number of rotatable bonds is 7. The van der Waals surface area contributed by atoms with Crippen molar-refractivity contribution in [2.45, 2.75) is 29.8 Å². The van der Waals surface area contributed by atoms with Gasteiger partial charge in [0.2, 0.25) is 11.0 Å². The summed E-state index contributed by atoms with van der Waals surface area (Å²) in [7, 11) is 1.68. The number of nitrogens with one attached hydrogen (secondary N) is 1. The minimum absolute atomic E-state index is 0.0647. The molecule has 1 aromatic heterocycles. The molecule has 1 fully saturated rings. The molecule has 5 nitrogen and oxygen atoms in total. The zero-order valence-electron chi connectivity index (χ0n) is 12.7. The second-order valence-electron chi connectivity index (χ2n) is 5.42. The number of amides is 1. The van der Waals surface area contributed by atoms with Gasteiger partial charge in [0.05, 0.1) is 5.75 Å². The highest BCUT2D eigenvalue weighted by atomic mass is 32.2. The van der Waals surface area contributed by atoms with Crippen LogP contribution >= 0.6 is 23.1 Å². The summed E-state index contributed by atoms with van der Waals surface area (Å²) in [5, 5.41) is 12.2. The molecule has 1 amide bonds. The van der Waals surface area contributed by atoms with Gasteiger partial charge in [0.15, 0.2) is 4.34 Å². The van der Waals surface area contributed by atoms with Crippen molar-refractivity contribution in [1.82, 2.24) is 15.1 Å². The summed E-state index contributed by atoms with van der Waals surface area (Å²) in [4.78, 5) is 13.7. The van der Waals surface area contributed by atoms with Gasteiger partial charge in [-0.1, -0.05) is 41.3 Å². The lowest BCUT2D eigenvalue weighted by molar-refractivity contribution is -0.127. The molecule has 0 atom stereocenters. The van der Waals surface area contributed by atoms with E-state index in [1.807, 2.05) is 0 Å². The first kappa shape index (κ1) is 16.2. The molecule has 0 unspecified atom stereocenters. The molecule has 122 valence electrons. The summed E-state index contributed by atoms with van der Waals surface area (Å²) < 4.78 is 14.4. The number of aromatic nitrogens is 2. The van der Waals surface area contributed by atoms with Gasteiger partial charge in [-0.3, -0.25) is 4.79 Å². The van der Waals surface area contributed by atoms with Crippen LogP contribution in [0.5, 0.6) is 0 Å². The quantitative estimate of drug-likeness (QED) is 0.776. The Morgan fingerprint density at radius 2 is 2.22 bits per heavy atom. The highest BCUT2D eigenvalue weighted by molar-refractivity contribution is 8.01. The van der Waals surface area contributed by atoms with Crippen molar-refractivity contribution in [2.24, 2.45) is 0 Å². The second kappa shape index (κ2) is 7.27. The Kier molecular flexibility index (Phi) is 5.12. The predicted molar refractivity (Wildman–Crippen MR) is 90.2 cm³/mol. The van der Waals surface area contributed by atoms with Crippen molar-refractivity contribution in [3.05, 3.63) is 35.6 Å². The largest absolute Gasteiger partial charge is 0.357 e. The first-order valence-corrected chi connectivity index (χ1v) is 9.12. The van der Waals surface area contributed by atoms with E-state index >= 15 is 0 Å². The fourth-order valence-electron chi connectivity index (χ4n) is 1.93. The standard InChI is InChI=1S/C15H17FN4OS2/c1-20(8-10-4-2-3-5-12(10)16)13(21)9-22-15-19-18-14(23-15)17-11-6-7-11/h2-5,11H,6-9H2,1H3,(H,17,18). The maximum atomic E-state index is 13.6. The number of hydrogen-bond donors (Lipinski definition) is 1. The predicted octanol–water partition coefficient (Wildman–Crippen LogP) is 3.00. The smallest absolute Gasteiger partial charge is 0.233 e. The van der Waals surface area contributed by atoms with Crippen LogP contribution in [0.3, 0.4) is 0 Å². The third-order valence-electron chi connectivity index (χ3n) is 3.42. The van der Waals surface area contributed by atoms with Crippen molar-refractivity contribution in [3.8, 4) is 0 Å². The van der Waals surface area contributed by atoms with E-state index in [1.54, 1.807) is 25.2 Å². The minimum Gasteiger partial charge on any atom is -0.357 e. The Morgan fingerprint density at radius 3 is 2.96 bits per heavy atom. The third-order valence-corrected chi connectivity index (χ3v) is 5.39. The van der Waals surface area contributed by atoms with Crippen molar-refractivity contribution >= 4 is 34.1 Å². The molecule has 1 N–H and O–H groups in total. The van der Waals surface area contributed by atoms with Gasteiger partial charge < -0.3 is 10.2 Å². The lowest BCUT2D eigenvalue weighted by Crippen LogP contribution is -2.28. The number of halogens is 1. The molecular formula is C15H17FN4OS2. The number of thioether (sulfide) groups is 1. The van der Waals surface area contributed by atoms with E-state index in [2.05, 4.69) is 15.5 Å². The number of anilines is 1. The first-order chi connectivity index (χ1) is 11.1. The molecule has 1 aliphatic rings. The maximum Gasteiger partial charge on any atom is 0.233 e. The zero-order valence-corrected chi connectivity index (χ0v) is 14.3. The number of carbonyl (C=O) groups is 1. The fraction of sp³-hybridized carbons (Fsp3) is 0.400. The zero-order chi connectivity index (χ0) is 16.2. The Labute approximate surface area is 142 Å². The SMILES string of the molecule is CN(Cc1ccccc1F)C(=O)CSc1nnc(NC2CC2)s1. The third kappa shape index (κ3) is 4.65. The summed E-state index contributed by atoms with van der Waals surface area (Å²) >= 11 is 2.82. The van der Waals surface area contributed by atoms with Gasteiger partial charge in [0.25, 0.3) is 0 Å². The van der Waals surface area contributed by atoms with Gasteiger partial charge in [0, 0.05) is 25.2 Å². The summed E-state index contributed by atoms with van der Waals surface area (Å²) in [6, 6.07) is 7.03.